The van der Waals surface area contributed by atoms with Crippen LogP contribution in [0.2, 0.25) is 0 Å². The van der Waals surface area contributed by atoms with Crippen LogP contribution in [0.25, 0.3) is 22.2 Å². The largest absolute Gasteiger partial charge is 0.381 e. The first-order chi connectivity index (χ1) is 8.15. The number of nitrogens with zero attached hydrogens (tertiary/aromatic N) is 2. The molecule has 0 bridgehead atoms. The van der Waals surface area contributed by atoms with Gasteiger partial charge in [-0.1, -0.05) is 16.8 Å². The average Bonchev–Trinajstić information content (AvgIpc) is 2.83. The molecule has 2 N–H and O–H groups in total. The fourth-order valence-electron chi connectivity index (χ4n) is 2.12. The number of nitrogens with two attached hydrogens (primary N) is 1. The van der Waals surface area contributed by atoms with Crippen molar-refractivity contribution < 1.29 is 4.52 Å². The van der Waals surface area contributed by atoms with Gasteiger partial charge in [-0.25, -0.2) is 0 Å². The summed E-state index contributed by atoms with van der Waals surface area (Å²) in [5.41, 5.74) is 9.00. The smallest absolute Gasteiger partial charge is 0.171 e. The van der Waals surface area contributed by atoms with E-state index in [0.29, 0.717) is 11.6 Å². The lowest BCUT2D eigenvalue weighted by atomic mass is 10.1. The number of aryl methyl sites for hydroxylation is 2. The van der Waals surface area contributed by atoms with Gasteiger partial charge >= 0.3 is 0 Å². The third kappa shape index (κ3) is 1.49. The molecule has 3 rings (SSSR count). The topological polar surface area (TPSA) is 57.0 Å². The van der Waals surface area contributed by atoms with Crippen molar-refractivity contribution in [3.8, 4) is 11.3 Å². The van der Waals surface area contributed by atoms with Crippen LogP contribution in [0.4, 0.5) is 5.82 Å². The van der Waals surface area contributed by atoms with E-state index in [4.69, 9.17) is 10.3 Å². The molecule has 0 spiro atoms. The number of hydrogen-bond acceptors (Lipinski definition) is 3. The van der Waals surface area contributed by atoms with Gasteiger partial charge in [-0.15, -0.1) is 0 Å². The van der Waals surface area contributed by atoms with E-state index in [1.54, 1.807) is 6.07 Å². The van der Waals surface area contributed by atoms with Crippen molar-refractivity contribution in [1.82, 2.24) is 9.72 Å². The van der Waals surface area contributed by atoms with Crippen molar-refractivity contribution in [2.24, 2.45) is 7.05 Å². The Morgan fingerprint density at radius 1 is 1.29 bits per heavy atom. The third-order valence-electron chi connectivity index (χ3n) is 2.94. The molecule has 0 atom stereocenters. The monoisotopic (exact) mass is 227 g/mol. The number of nitrogen functional groups attached to an aromatic ring is 1. The minimum atomic E-state index is 0.407. The summed E-state index contributed by atoms with van der Waals surface area (Å²) in [5.74, 6) is 1.11. The Morgan fingerprint density at radius 3 is 2.82 bits per heavy atom. The molecule has 3 aromatic rings. The number of benzene rings is 1. The van der Waals surface area contributed by atoms with Gasteiger partial charge in [0.1, 0.15) is 0 Å². The first-order valence-electron chi connectivity index (χ1n) is 5.43. The summed E-state index contributed by atoms with van der Waals surface area (Å²) in [5, 5.41) is 4.88. The summed E-state index contributed by atoms with van der Waals surface area (Å²) in [6.45, 7) is 2.07. The SMILES string of the molecule is Cc1ccc2c(c1)c(-c1cc(N)no1)cn2C. The summed E-state index contributed by atoms with van der Waals surface area (Å²) in [6.07, 6.45) is 2.03. The quantitative estimate of drug-likeness (QED) is 0.695. The first-order valence-corrected chi connectivity index (χ1v) is 5.43. The van der Waals surface area contributed by atoms with Crippen LogP contribution in [-0.2, 0) is 7.05 Å². The van der Waals surface area contributed by atoms with Crippen LogP contribution in [0.1, 0.15) is 5.56 Å². The van der Waals surface area contributed by atoms with Crippen LogP contribution < -0.4 is 5.73 Å². The van der Waals surface area contributed by atoms with Gasteiger partial charge in [0.2, 0.25) is 0 Å². The number of anilines is 1. The normalized spacial score (nSPS) is 11.2. The molecular formula is C13H13N3O. The van der Waals surface area contributed by atoms with Crippen molar-refractivity contribution in [3.63, 3.8) is 0 Å². The fourth-order valence-corrected chi connectivity index (χ4v) is 2.12. The van der Waals surface area contributed by atoms with Crippen molar-refractivity contribution >= 4 is 16.7 Å². The highest BCUT2D eigenvalue weighted by molar-refractivity contribution is 5.95. The molecule has 17 heavy (non-hydrogen) atoms. The minimum absolute atomic E-state index is 0.407. The van der Waals surface area contributed by atoms with Gasteiger partial charge in [-0.2, -0.15) is 0 Å². The number of aromatic nitrogens is 2. The second kappa shape index (κ2) is 3.38. The van der Waals surface area contributed by atoms with Crippen molar-refractivity contribution in [1.29, 1.82) is 0 Å². The lowest BCUT2D eigenvalue weighted by Gasteiger charge is -1.97. The highest BCUT2D eigenvalue weighted by Gasteiger charge is 2.12. The van der Waals surface area contributed by atoms with Crippen LogP contribution in [0, 0.1) is 6.92 Å². The number of rotatable bonds is 1. The van der Waals surface area contributed by atoms with Gasteiger partial charge < -0.3 is 14.8 Å². The van der Waals surface area contributed by atoms with E-state index in [9.17, 15) is 0 Å². The maximum absolute atomic E-state index is 5.59. The van der Waals surface area contributed by atoms with Crippen LogP contribution in [-0.4, -0.2) is 9.72 Å². The van der Waals surface area contributed by atoms with Crippen LogP contribution in [0.3, 0.4) is 0 Å². The molecule has 0 aliphatic carbocycles. The molecule has 0 saturated carbocycles. The second-order valence-corrected chi connectivity index (χ2v) is 4.29. The second-order valence-electron chi connectivity index (χ2n) is 4.29. The van der Waals surface area contributed by atoms with E-state index < -0.39 is 0 Å². The zero-order valence-electron chi connectivity index (χ0n) is 9.77. The third-order valence-corrected chi connectivity index (χ3v) is 2.94. The van der Waals surface area contributed by atoms with Gasteiger partial charge in [0.05, 0.1) is 0 Å². The van der Waals surface area contributed by atoms with E-state index in [1.165, 1.54) is 11.1 Å². The molecule has 0 unspecified atom stereocenters. The molecule has 1 aromatic carbocycles. The Hall–Kier alpha value is -2.23. The molecule has 0 fully saturated rings. The van der Waals surface area contributed by atoms with Crippen molar-refractivity contribution in [3.05, 3.63) is 36.0 Å². The molecule has 2 heterocycles. The van der Waals surface area contributed by atoms with E-state index >= 15 is 0 Å². The van der Waals surface area contributed by atoms with Crippen molar-refractivity contribution in [2.75, 3.05) is 5.73 Å². The zero-order valence-corrected chi connectivity index (χ0v) is 9.77. The lowest BCUT2D eigenvalue weighted by Crippen LogP contribution is -1.82. The predicted molar refractivity (Wildman–Crippen MR) is 67.6 cm³/mol. The highest BCUT2D eigenvalue weighted by atomic mass is 16.5. The Balaban J connectivity index is 2.33. The van der Waals surface area contributed by atoms with Gasteiger partial charge in [-0.3, -0.25) is 0 Å². The predicted octanol–water partition coefficient (Wildman–Crippen LogP) is 2.72. The molecule has 0 radical (unpaired) electrons. The summed E-state index contributed by atoms with van der Waals surface area (Å²) in [4.78, 5) is 0. The zero-order chi connectivity index (χ0) is 12.0. The van der Waals surface area contributed by atoms with E-state index in [1.807, 2.05) is 13.2 Å². The Labute approximate surface area is 98.6 Å². The van der Waals surface area contributed by atoms with Crippen LogP contribution in [0.5, 0.6) is 0 Å². The maximum Gasteiger partial charge on any atom is 0.171 e. The highest BCUT2D eigenvalue weighted by Crippen LogP contribution is 2.31. The molecule has 4 heteroatoms. The van der Waals surface area contributed by atoms with E-state index in [2.05, 4.69) is 34.8 Å². The standard InChI is InChI=1S/C13H13N3O/c1-8-3-4-11-9(5-8)10(7-16(11)2)12-6-13(14)15-17-12/h3-7H,1-2H3,(H2,14,15). The number of fused-ring (bicyclic) bond motifs is 1. The van der Waals surface area contributed by atoms with E-state index in [-0.39, 0.29) is 0 Å². The maximum atomic E-state index is 5.59. The van der Waals surface area contributed by atoms with Gasteiger partial charge in [-0.05, 0) is 19.1 Å². The molecule has 2 aromatic heterocycles. The summed E-state index contributed by atoms with van der Waals surface area (Å²) in [7, 11) is 2.01. The van der Waals surface area contributed by atoms with Gasteiger partial charge in [0.25, 0.3) is 0 Å². The molecule has 0 saturated heterocycles. The van der Waals surface area contributed by atoms with E-state index in [0.717, 1.165) is 10.9 Å². The van der Waals surface area contributed by atoms with Gasteiger partial charge in [0.15, 0.2) is 11.6 Å². The van der Waals surface area contributed by atoms with Crippen molar-refractivity contribution in [2.45, 2.75) is 6.92 Å². The Bertz CT molecular complexity index is 694. The van der Waals surface area contributed by atoms with Crippen LogP contribution >= 0.6 is 0 Å². The summed E-state index contributed by atoms with van der Waals surface area (Å²) < 4.78 is 7.30. The lowest BCUT2D eigenvalue weighted by molar-refractivity contribution is 0.436. The molecule has 0 amide bonds. The van der Waals surface area contributed by atoms with Gasteiger partial charge in [0, 0.05) is 35.8 Å². The summed E-state index contributed by atoms with van der Waals surface area (Å²) in [6, 6.07) is 8.09. The molecule has 0 aliphatic heterocycles. The molecule has 0 aliphatic rings. The first kappa shape index (κ1) is 9.96. The Kier molecular flexibility index (Phi) is 1.98. The minimum Gasteiger partial charge on any atom is -0.381 e. The van der Waals surface area contributed by atoms with Crippen LogP contribution in [0.15, 0.2) is 35.0 Å². The fraction of sp³-hybridized carbons (Fsp3) is 0.154. The average molecular weight is 227 g/mol. The Morgan fingerprint density at radius 2 is 2.12 bits per heavy atom. The number of hydrogen-bond donors (Lipinski definition) is 1. The molecule has 86 valence electrons. The molecule has 4 nitrogen and oxygen atoms in total. The summed E-state index contributed by atoms with van der Waals surface area (Å²) >= 11 is 0. The molecular weight excluding hydrogens is 214 g/mol.